The summed E-state index contributed by atoms with van der Waals surface area (Å²) in [6, 6.07) is 8.02. The molecule has 2 aromatic heterocycles. The fourth-order valence-electron chi connectivity index (χ4n) is 3.84. The Morgan fingerprint density at radius 3 is 2.63 bits per heavy atom. The number of nitrogens with one attached hydrogen (secondary N) is 1. The average molecular weight is 409 g/mol. The van der Waals surface area contributed by atoms with Gasteiger partial charge in [-0.05, 0) is 45.6 Å². The van der Waals surface area contributed by atoms with Gasteiger partial charge >= 0.3 is 0 Å². The van der Waals surface area contributed by atoms with Crippen LogP contribution < -0.4 is 5.32 Å². The summed E-state index contributed by atoms with van der Waals surface area (Å²) < 4.78 is 7.37. The van der Waals surface area contributed by atoms with E-state index in [9.17, 15) is 9.90 Å². The number of aliphatic hydroxyl groups is 1. The van der Waals surface area contributed by atoms with Crippen LogP contribution in [0.5, 0.6) is 0 Å². The first kappa shape index (κ1) is 20.4. The molecule has 30 heavy (non-hydrogen) atoms. The van der Waals surface area contributed by atoms with E-state index >= 15 is 0 Å². The number of rotatable bonds is 6. The fraction of sp³-hybridized carbons (Fsp3) is 0.455. The first-order chi connectivity index (χ1) is 14.5. The largest absolute Gasteiger partial charge is 0.391 e. The summed E-state index contributed by atoms with van der Waals surface area (Å²) in [7, 11) is 0. The number of hydrogen-bond acceptors (Lipinski definition) is 6. The molecule has 1 aromatic carbocycles. The summed E-state index contributed by atoms with van der Waals surface area (Å²) in [5.41, 5.74) is 2.27. The second-order valence-electron chi connectivity index (χ2n) is 7.92. The number of carbonyl (C=O) groups excluding carboxylic acids is 1. The van der Waals surface area contributed by atoms with Crippen molar-refractivity contribution in [1.29, 1.82) is 0 Å². The zero-order chi connectivity index (χ0) is 21.1. The van der Waals surface area contributed by atoms with Crippen molar-refractivity contribution in [2.45, 2.75) is 57.8 Å². The van der Waals surface area contributed by atoms with Gasteiger partial charge in [-0.2, -0.15) is 9.78 Å². The lowest BCUT2D eigenvalue weighted by atomic mass is 9.92. The summed E-state index contributed by atoms with van der Waals surface area (Å²) in [6.45, 7) is 4.02. The van der Waals surface area contributed by atoms with E-state index in [2.05, 4.69) is 20.4 Å². The number of carbonyl (C=O) groups is 1. The first-order valence-electron chi connectivity index (χ1n) is 10.4. The fourth-order valence-corrected chi connectivity index (χ4v) is 3.84. The lowest BCUT2D eigenvalue weighted by molar-refractivity contribution is -0.0210. The normalized spacial score (nSPS) is 20.2. The molecule has 1 amide bonds. The van der Waals surface area contributed by atoms with Gasteiger partial charge in [0.2, 0.25) is 0 Å². The third kappa shape index (κ3) is 4.49. The molecule has 0 saturated heterocycles. The number of ether oxygens (including phenoxy) is 1. The van der Waals surface area contributed by atoms with E-state index in [0.717, 1.165) is 42.3 Å². The van der Waals surface area contributed by atoms with Gasteiger partial charge in [-0.1, -0.05) is 18.2 Å². The van der Waals surface area contributed by atoms with Crippen LogP contribution in [0.15, 0.2) is 36.7 Å². The highest BCUT2D eigenvalue weighted by Gasteiger charge is 2.24. The van der Waals surface area contributed by atoms with Gasteiger partial charge in [0.05, 0.1) is 35.6 Å². The standard InChI is InChI=1S/C22H27N5O3/c1-14(28)13-30-18-9-7-17(8-10-18)25-21(29)16-11-23-22(24-12-16)27-20-6-4-3-5-19(20)15(2)26-27/h3-6,11-12,14,17-18,28H,7-10,13H2,1-2H3,(H,25,29)/t14-,17?,18?/m1/s1. The highest BCUT2D eigenvalue weighted by molar-refractivity contribution is 5.93. The van der Waals surface area contributed by atoms with Crippen LogP contribution >= 0.6 is 0 Å². The minimum atomic E-state index is -0.450. The lowest BCUT2D eigenvalue weighted by Gasteiger charge is -2.29. The zero-order valence-corrected chi connectivity index (χ0v) is 17.3. The van der Waals surface area contributed by atoms with E-state index in [4.69, 9.17) is 4.74 Å². The number of nitrogens with zero attached hydrogens (tertiary/aromatic N) is 4. The van der Waals surface area contributed by atoms with Crippen molar-refractivity contribution < 1.29 is 14.6 Å². The summed E-state index contributed by atoms with van der Waals surface area (Å²) in [5.74, 6) is 0.267. The number of amides is 1. The van der Waals surface area contributed by atoms with Crippen LogP contribution in [-0.4, -0.2) is 55.6 Å². The van der Waals surface area contributed by atoms with E-state index in [1.807, 2.05) is 31.2 Å². The molecule has 2 heterocycles. The van der Waals surface area contributed by atoms with Gasteiger partial charge in [-0.3, -0.25) is 4.79 Å². The number of aliphatic hydroxyl groups excluding tert-OH is 1. The lowest BCUT2D eigenvalue weighted by Crippen LogP contribution is -2.39. The van der Waals surface area contributed by atoms with Crippen molar-refractivity contribution in [2.24, 2.45) is 0 Å². The molecule has 158 valence electrons. The highest BCUT2D eigenvalue weighted by atomic mass is 16.5. The highest BCUT2D eigenvalue weighted by Crippen LogP contribution is 2.22. The summed E-state index contributed by atoms with van der Waals surface area (Å²) in [5, 5.41) is 18.0. The van der Waals surface area contributed by atoms with Crippen LogP contribution in [0.4, 0.5) is 0 Å². The van der Waals surface area contributed by atoms with Crippen molar-refractivity contribution in [2.75, 3.05) is 6.61 Å². The first-order valence-corrected chi connectivity index (χ1v) is 10.4. The minimum Gasteiger partial charge on any atom is -0.391 e. The predicted molar refractivity (Wildman–Crippen MR) is 113 cm³/mol. The molecule has 1 fully saturated rings. The SMILES string of the molecule is Cc1nn(-c2ncc(C(=O)NC3CCC(OC[C@@H](C)O)CC3)cn2)c2ccccc12. The van der Waals surface area contributed by atoms with E-state index in [1.54, 1.807) is 24.0 Å². The molecule has 1 saturated carbocycles. The van der Waals surface area contributed by atoms with Crippen LogP contribution in [0.3, 0.4) is 0 Å². The van der Waals surface area contributed by atoms with Gasteiger partial charge in [-0.15, -0.1) is 0 Å². The van der Waals surface area contributed by atoms with Crippen molar-refractivity contribution in [3.8, 4) is 5.95 Å². The van der Waals surface area contributed by atoms with Crippen molar-refractivity contribution in [3.05, 3.63) is 47.9 Å². The second-order valence-corrected chi connectivity index (χ2v) is 7.92. The van der Waals surface area contributed by atoms with Gasteiger partial charge in [0.1, 0.15) is 0 Å². The Hall–Kier alpha value is -2.84. The second kappa shape index (κ2) is 8.89. The number of benzene rings is 1. The molecule has 8 heteroatoms. The molecule has 4 rings (SSSR count). The molecular formula is C22H27N5O3. The number of aryl methyl sites for hydroxylation is 1. The maximum absolute atomic E-state index is 12.6. The van der Waals surface area contributed by atoms with Gasteiger partial charge in [0.25, 0.3) is 11.9 Å². The summed E-state index contributed by atoms with van der Waals surface area (Å²) >= 11 is 0. The van der Waals surface area contributed by atoms with E-state index < -0.39 is 6.10 Å². The third-order valence-corrected chi connectivity index (χ3v) is 5.44. The molecule has 0 spiro atoms. The Bertz CT molecular complexity index is 1010. The van der Waals surface area contributed by atoms with E-state index in [-0.39, 0.29) is 18.1 Å². The number of fused-ring (bicyclic) bond motifs is 1. The monoisotopic (exact) mass is 409 g/mol. The maximum Gasteiger partial charge on any atom is 0.254 e. The molecule has 0 aliphatic heterocycles. The van der Waals surface area contributed by atoms with Gasteiger partial charge < -0.3 is 15.2 Å². The van der Waals surface area contributed by atoms with Crippen LogP contribution in [-0.2, 0) is 4.74 Å². The van der Waals surface area contributed by atoms with Gasteiger partial charge in [0, 0.05) is 23.8 Å². The van der Waals surface area contributed by atoms with Crippen molar-refractivity contribution >= 4 is 16.8 Å². The van der Waals surface area contributed by atoms with Crippen LogP contribution in [0, 0.1) is 6.92 Å². The number of para-hydroxylation sites is 1. The molecule has 0 radical (unpaired) electrons. The zero-order valence-electron chi connectivity index (χ0n) is 17.3. The number of hydrogen-bond donors (Lipinski definition) is 2. The quantitative estimate of drug-likeness (QED) is 0.649. The smallest absolute Gasteiger partial charge is 0.254 e. The van der Waals surface area contributed by atoms with Crippen LogP contribution in [0.2, 0.25) is 0 Å². The van der Waals surface area contributed by atoms with Crippen molar-refractivity contribution in [3.63, 3.8) is 0 Å². The van der Waals surface area contributed by atoms with E-state index in [1.165, 1.54) is 0 Å². The molecule has 0 bridgehead atoms. The Morgan fingerprint density at radius 1 is 1.23 bits per heavy atom. The molecule has 2 N–H and O–H groups in total. The Morgan fingerprint density at radius 2 is 1.93 bits per heavy atom. The third-order valence-electron chi connectivity index (χ3n) is 5.44. The molecule has 1 atom stereocenters. The minimum absolute atomic E-state index is 0.112. The van der Waals surface area contributed by atoms with Crippen LogP contribution in [0.25, 0.3) is 16.9 Å². The summed E-state index contributed by atoms with van der Waals surface area (Å²) in [4.78, 5) is 21.3. The van der Waals surface area contributed by atoms with Crippen molar-refractivity contribution in [1.82, 2.24) is 25.1 Å². The number of aromatic nitrogens is 4. The summed E-state index contributed by atoms with van der Waals surface area (Å²) in [6.07, 6.45) is 6.25. The predicted octanol–water partition coefficient (Wildman–Crippen LogP) is 2.56. The molecular weight excluding hydrogens is 382 g/mol. The topological polar surface area (TPSA) is 102 Å². The Labute approximate surface area is 175 Å². The molecule has 3 aromatic rings. The van der Waals surface area contributed by atoms with Gasteiger partial charge in [0.15, 0.2) is 0 Å². The van der Waals surface area contributed by atoms with Crippen LogP contribution in [0.1, 0.15) is 48.7 Å². The molecule has 1 aliphatic carbocycles. The van der Waals surface area contributed by atoms with Gasteiger partial charge in [-0.25, -0.2) is 9.97 Å². The average Bonchev–Trinajstić information content (AvgIpc) is 3.10. The molecule has 0 unspecified atom stereocenters. The Kier molecular flexibility index (Phi) is 6.06. The Balaban J connectivity index is 1.37. The van der Waals surface area contributed by atoms with E-state index in [0.29, 0.717) is 18.1 Å². The molecule has 8 nitrogen and oxygen atoms in total. The maximum atomic E-state index is 12.6. The molecule has 1 aliphatic rings.